The minimum absolute atomic E-state index is 0.441. The minimum atomic E-state index is -0.970. The highest BCUT2D eigenvalue weighted by molar-refractivity contribution is 7.90. The zero-order valence-corrected chi connectivity index (χ0v) is 7.87. The van der Waals surface area contributed by atoms with Crippen LogP contribution in [0.25, 0.3) is 0 Å². The average Bonchev–Trinajstić information content (AvgIpc) is 1.85. The van der Waals surface area contributed by atoms with E-state index in [0.29, 0.717) is 5.15 Å². The van der Waals surface area contributed by atoms with Gasteiger partial charge in [-0.25, -0.2) is 4.98 Å². The van der Waals surface area contributed by atoms with E-state index in [0.717, 1.165) is 10.5 Å². The summed E-state index contributed by atoms with van der Waals surface area (Å²) >= 11 is 4.64. The Kier molecular flexibility index (Phi) is 2.76. The van der Waals surface area contributed by atoms with Gasteiger partial charge in [0.15, 0.2) is 4.90 Å². The smallest absolute Gasteiger partial charge is 0.173 e. The predicted molar refractivity (Wildman–Crippen MR) is 46.3 cm³/mol. The fourth-order valence-corrected chi connectivity index (χ4v) is 1.74. The molecule has 11 heavy (non-hydrogen) atoms. The summed E-state index contributed by atoms with van der Waals surface area (Å²) in [6, 6.07) is 1.71. The molecule has 1 atom stereocenters. The summed E-state index contributed by atoms with van der Waals surface area (Å²) in [5, 5.41) is 0.441. The van der Waals surface area contributed by atoms with Gasteiger partial charge in [-0.2, -0.15) is 0 Å². The number of hydrogen-bond acceptors (Lipinski definition) is 2. The molecule has 1 heterocycles. The van der Waals surface area contributed by atoms with Crippen LogP contribution in [0.15, 0.2) is 17.2 Å². The highest BCUT2D eigenvalue weighted by atomic mass is 35.5. The molecule has 0 aliphatic heterocycles. The molecule has 4 heteroatoms. The Hall–Kier alpha value is -0.250. The van der Waals surface area contributed by atoms with Crippen molar-refractivity contribution in [1.29, 1.82) is 0 Å². The van der Waals surface area contributed by atoms with E-state index in [9.17, 15) is 4.55 Å². The molecule has 1 aromatic heterocycles. The first kappa shape index (κ1) is 8.84. The monoisotopic (exact) mass is 189 g/mol. The van der Waals surface area contributed by atoms with Gasteiger partial charge in [0.25, 0.3) is 0 Å². The normalized spacial score (nSPS) is 13.1. The number of hydrogen-bond donors (Lipinski definition) is 0. The van der Waals surface area contributed by atoms with E-state index >= 15 is 0 Å². The molecule has 0 radical (unpaired) electrons. The summed E-state index contributed by atoms with van der Waals surface area (Å²) < 4.78 is 11.0. The summed E-state index contributed by atoms with van der Waals surface area (Å²) in [6.45, 7) is 1.87. The van der Waals surface area contributed by atoms with Crippen molar-refractivity contribution in [2.24, 2.45) is 0 Å². The summed E-state index contributed by atoms with van der Waals surface area (Å²) in [6.07, 6.45) is 3.17. The van der Waals surface area contributed by atoms with Crippen LogP contribution >= 0.6 is 11.6 Å². The first-order chi connectivity index (χ1) is 5.11. The summed E-state index contributed by atoms with van der Waals surface area (Å²) in [7, 11) is 0. The third-order valence-electron chi connectivity index (χ3n) is 1.34. The Morgan fingerprint density at radius 3 is 2.73 bits per heavy atom. The second-order valence-electron chi connectivity index (χ2n) is 2.23. The van der Waals surface area contributed by atoms with Crippen LogP contribution in [0.3, 0.4) is 0 Å². The fraction of sp³-hybridized carbons (Fsp3) is 0.286. The van der Waals surface area contributed by atoms with Crippen LogP contribution in [-0.2, 0) is 11.2 Å². The summed E-state index contributed by atoms with van der Waals surface area (Å²) in [5.41, 5.74) is 0.922. The summed E-state index contributed by atoms with van der Waals surface area (Å²) in [4.78, 5) is 4.58. The van der Waals surface area contributed by atoms with Gasteiger partial charge in [0.05, 0.1) is 6.20 Å². The van der Waals surface area contributed by atoms with Crippen molar-refractivity contribution in [3.8, 4) is 0 Å². The van der Waals surface area contributed by atoms with Gasteiger partial charge in [-0.3, -0.25) is 0 Å². The molecule has 0 spiro atoms. The van der Waals surface area contributed by atoms with Gasteiger partial charge in [0.1, 0.15) is 11.4 Å². The molecule has 2 nitrogen and oxygen atoms in total. The van der Waals surface area contributed by atoms with Crippen LogP contribution in [0.1, 0.15) is 5.56 Å². The van der Waals surface area contributed by atoms with Crippen molar-refractivity contribution in [3.63, 3.8) is 0 Å². The lowest BCUT2D eigenvalue weighted by Gasteiger charge is -2.05. The van der Waals surface area contributed by atoms with Crippen molar-refractivity contribution in [1.82, 2.24) is 4.98 Å². The largest absolute Gasteiger partial charge is 0.612 e. The van der Waals surface area contributed by atoms with Crippen LogP contribution in [0, 0.1) is 6.92 Å². The van der Waals surface area contributed by atoms with Crippen LogP contribution in [0.2, 0.25) is 5.15 Å². The summed E-state index contributed by atoms with van der Waals surface area (Å²) in [5.74, 6) is 0. The van der Waals surface area contributed by atoms with E-state index in [1.54, 1.807) is 18.5 Å². The molecule has 0 saturated heterocycles. The van der Waals surface area contributed by atoms with E-state index in [-0.39, 0.29) is 0 Å². The maximum Gasteiger partial charge on any atom is 0.173 e. The van der Waals surface area contributed by atoms with Gasteiger partial charge in [0.2, 0.25) is 0 Å². The molecule has 0 fully saturated rings. The van der Waals surface area contributed by atoms with E-state index in [2.05, 4.69) is 4.98 Å². The van der Waals surface area contributed by atoms with Gasteiger partial charge in [-0.1, -0.05) is 11.6 Å². The Labute approximate surface area is 73.8 Å². The standard InChI is InChI=1S/C7H8ClNOS/c1-5-3-7(8)9-4-6(5)11(2)10/h3-4H,1-2H3. The van der Waals surface area contributed by atoms with E-state index < -0.39 is 11.2 Å². The molecule has 0 aliphatic carbocycles. The molecule has 0 amide bonds. The first-order valence-electron chi connectivity index (χ1n) is 3.07. The van der Waals surface area contributed by atoms with Gasteiger partial charge in [-0.15, -0.1) is 0 Å². The molecule has 1 unspecified atom stereocenters. The molecular formula is C7H8ClNOS. The maximum atomic E-state index is 11.0. The number of aryl methyl sites for hydroxylation is 1. The van der Waals surface area contributed by atoms with Crippen LogP contribution in [0.4, 0.5) is 0 Å². The van der Waals surface area contributed by atoms with Crippen LogP contribution in [-0.4, -0.2) is 15.8 Å². The van der Waals surface area contributed by atoms with Gasteiger partial charge < -0.3 is 4.55 Å². The second kappa shape index (κ2) is 3.43. The Morgan fingerprint density at radius 1 is 1.64 bits per heavy atom. The topological polar surface area (TPSA) is 36.0 Å². The van der Waals surface area contributed by atoms with Crippen molar-refractivity contribution in [2.75, 3.05) is 6.26 Å². The second-order valence-corrected chi connectivity index (χ2v) is 3.96. The SMILES string of the molecule is Cc1cc(Cl)ncc1[S+](C)[O-]. The van der Waals surface area contributed by atoms with Crippen molar-refractivity contribution < 1.29 is 4.55 Å². The zero-order chi connectivity index (χ0) is 8.43. The molecule has 0 saturated carbocycles. The number of pyridine rings is 1. The molecule has 1 rings (SSSR count). The molecule has 0 aromatic carbocycles. The third kappa shape index (κ3) is 2.09. The molecule has 0 bridgehead atoms. The number of aromatic nitrogens is 1. The van der Waals surface area contributed by atoms with Gasteiger partial charge in [0, 0.05) is 5.56 Å². The van der Waals surface area contributed by atoms with E-state index in [4.69, 9.17) is 11.6 Å². The highest BCUT2D eigenvalue weighted by Crippen LogP contribution is 2.16. The fourth-order valence-electron chi connectivity index (χ4n) is 0.810. The third-order valence-corrected chi connectivity index (χ3v) is 2.59. The lowest BCUT2D eigenvalue weighted by Crippen LogP contribution is -2.00. The molecule has 60 valence electrons. The zero-order valence-electron chi connectivity index (χ0n) is 6.30. The Balaban J connectivity index is 3.09. The maximum absolute atomic E-state index is 11.0. The number of halogens is 1. The molecule has 0 aliphatic rings. The van der Waals surface area contributed by atoms with Crippen LogP contribution in [0.5, 0.6) is 0 Å². The molecule has 0 N–H and O–H groups in total. The quantitative estimate of drug-likeness (QED) is 0.499. The van der Waals surface area contributed by atoms with Gasteiger partial charge in [-0.05, 0) is 24.2 Å². The van der Waals surface area contributed by atoms with E-state index in [1.807, 2.05) is 6.92 Å². The first-order valence-corrected chi connectivity index (χ1v) is 5.00. The Morgan fingerprint density at radius 2 is 2.27 bits per heavy atom. The molecular weight excluding hydrogens is 182 g/mol. The average molecular weight is 190 g/mol. The molecule has 1 aromatic rings. The van der Waals surface area contributed by atoms with Gasteiger partial charge >= 0.3 is 0 Å². The minimum Gasteiger partial charge on any atom is -0.612 e. The predicted octanol–water partition coefficient (Wildman–Crippen LogP) is 1.78. The van der Waals surface area contributed by atoms with Crippen LogP contribution < -0.4 is 0 Å². The van der Waals surface area contributed by atoms with Crippen molar-refractivity contribution in [3.05, 3.63) is 23.0 Å². The lowest BCUT2D eigenvalue weighted by atomic mass is 10.3. The van der Waals surface area contributed by atoms with E-state index in [1.165, 1.54) is 0 Å². The Bertz CT molecular complexity index is 265. The number of rotatable bonds is 1. The highest BCUT2D eigenvalue weighted by Gasteiger charge is 2.08. The lowest BCUT2D eigenvalue weighted by molar-refractivity contribution is 0.600. The van der Waals surface area contributed by atoms with Crippen molar-refractivity contribution >= 4 is 22.8 Å². The van der Waals surface area contributed by atoms with Crippen molar-refractivity contribution in [2.45, 2.75) is 11.8 Å². The number of nitrogens with zero attached hydrogens (tertiary/aromatic N) is 1.